The summed E-state index contributed by atoms with van der Waals surface area (Å²) in [7, 11) is 0. The first-order chi connectivity index (χ1) is 5.04. The maximum atomic E-state index is 10.4. The van der Waals surface area contributed by atoms with Crippen molar-refractivity contribution in [1.29, 1.82) is 0 Å². The average Bonchev–Trinajstić information content (AvgIpc) is 1.87. The molecule has 0 heterocycles. The number of carbonyl (C=O) groups is 1. The lowest BCUT2D eigenvalue weighted by molar-refractivity contribution is -0.138. The Morgan fingerprint density at radius 2 is 2.09 bits per heavy atom. The van der Waals surface area contributed by atoms with Gasteiger partial charge in [0, 0.05) is 5.54 Å². The van der Waals surface area contributed by atoms with Crippen LogP contribution in [0.15, 0.2) is 0 Å². The Labute approximate surface area is 67.8 Å². The van der Waals surface area contributed by atoms with Crippen molar-refractivity contribution in [1.82, 2.24) is 5.32 Å². The summed E-state index contributed by atoms with van der Waals surface area (Å²) in [5.74, 6) is -0.740. The predicted octanol–water partition coefficient (Wildman–Crippen LogP) is 1.24. The number of hydrogen-bond acceptors (Lipinski definition) is 2. The molecule has 0 aromatic heterocycles. The quantitative estimate of drug-likeness (QED) is 0.634. The van der Waals surface area contributed by atoms with Gasteiger partial charge in [0.1, 0.15) is 0 Å². The van der Waals surface area contributed by atoms with Gasteiger partial charge in [-0.25, -0.2) is 0 Å². The van der Waals surface area contributed by atoms with Crippen LogP contribution in [0.25, 0.3) is 0 Å². The number of aliphatic carboxylic acids is 1. The molecule has 2 N–H and O–H groups in total. The van der Waals surface area contributed by atoms with Crippen LogP contribution in [0.4, 0.5) is 0 Å². The summed E-state index contributed by atoms with van der Waals surface area (Å²) in [5.41, 5.74) is -0.236. The molecule has 0 aliphatic heterocycles. The smallest absolute Gasteiger partial charge is 0.305 e. The standard InChI is InChI=1S/C8H17NO2/c1-4-8(3,9-5-2)6-7(10)11/h9H,4-6H2,1-3H3,(H,10,11). The number of hydrogen-bond donors (Lipinski definition) is 2. The summed E-state index contributed by atoms with van der Waals surface area (Å²) in [6.07, 6.45) is 1.03. The molecule has 0 spiro atoms. The van der Waals surface area contributed by atoms with E-state index >= 15 is 0 Å². The van der Waals surface area contributed by atoms with Crippen LogP contribution in [0.2, 0.25) is 0 Å². The molecule has 0 aromatic rings. The molecule has 0 aromatic carbocycles. The summed E-state index contributed by atoms with van der Waals surface area (Å²) >= 11 is 0. The molecule has 66 valence electrons. The second-order valence-corrected chi connectivity index (χ2v) is 3.02. The van der Waals surface area contributed by atoms with Gasteiger partial charge in [-0.15, -0.1) is 0 Å². The lowest BCUT2D eigenvalue weighted by Gasteiger charge is -2.27. The Bertz CT molecular complexity index is 136. The van der Waals surface area contributed by atoms with Crippen molar-refractivity contribution >= 4 is 5.97 Å². The Kier molecular flexibility index (Phi) is 4.11. The van der Waals surface area contributed by atoms with Crippen LogP contribution in [0, 0.1) is 0 Å². The van der Waals surface area contributed by atoms with E-state index in [0.29, 0.717) is 0 Å². The van der Waals surface area contributed by atoms with Gasteiger partial charge >= 0.3 is 5.97 Å². The molecule has 3 heteroatoms. The first-order valence-electron chi connectivity index (χ1n) is 4.01. The molecule has 1 atom stereocenters. The maximum Gasteiger partial charge on any atom is 0.305 e. The highest BCUT2D eigenvalue weighted by atomic mass is 16.4. The molecule has 0 saturated carbocycles. The van der Waals surface area contributed by atoms with Gasteiger partial charge in [-0.3, -0.25) is 4.79 Å². The molecule has 0 bridgehead atoms. The van der Waals surface area contributed by atoms with E-state index in [-0.39, 0.29) is 12.0 Å². The van der Waals surface area contributed by atoms with E-state index in [1.165, 1.54) is 0 Å². The van der Waals surface area contributed by atoms with Crippen molar-refractivity contribution in [2.24, 2.45) is 0 Å². The van der Waals surface area contributed by atoms with Crippen LogP contribution in [0.3, 0.4) is 0 Å². The minimum Gasteiger partial charge on any atom is -0.481 e. The summed E-state index contributed by atoms with van der Waals surface area (Å²) < 4.78 is 0. The van der Waals surface area contributed by atoms with Crippen molar-refractivity contribution in [3.63, 3.8) is 0 Å². The van der Waals surface area contributed by atoms with Gasteiger partial charge in [0.15, 0.2) is 0 Å². The third-order valence-corrected chi connectivity index (χ3v) is 1.93. The van der Waals surface area contributed by atoms with Crippen LogP contribution in [0.1, 0.15) is 33.6 Å². The number of rotatable bonds is 5. The molecule has 1 unspecified atom stereocenters. The van der Waals surface area contributed by atoms with Crippen LogP contribution < -0.4 is 5.32 Å². The Balaban J connectivity index is 3.98. The van der Waals surface area contributed by atoms with Crippen LogP contribution in [-0.4, -0.2) is 23.2 Å². The molecule has 0 aliphatic rings. The monoisotopic (exact) mass is 159 g/mol. The normalized spacial score (nSPS) is 15.9. The molecule has 3 nitrogen and oxygen atoms in total. The molecule has 0 saturated heterocycles. The zero-order valence-corrected chi connectivity index (χ0v) is 7.48. The Morgan fingerprint density at radius 3 is 2.36 bits per heavy atom. The van der Waals surface area contributed by atoms with Crippen LogP contribution in [-0.2, 0) is 4.79 Å². The summed E-state index contributed by atoms with van der Waals surface area (Å²) in [6.45, 7) is 6.73. The van der Waals surface area contributed by atoms with E-state index in [0.717, 1.165) is 13.0 Å². The third-order valence-electron chi connectivity index (χ3n) is 1.93. The molecule has 0 amide bonds. The van der Waals surface area contributed by atoms with E-state index < -0.39 is 5.97 Å². The Hall–Kier alpha value is -0.570. The summed E-state index contributed by atoms with van der Waals surface area (Å²) in [4.78, 5) is 10.4. The molecule has 0 radical (unpaired) electrons. The maximum absolute atomic E-state index is 10.4. The topological polar surface area (TPSA) is 49.3 Å². The average molecular weight is 159 g/mol. The number of carboxylic acids is 1. The fourth-order valence-corrected chi connectivity index (χ4v) is 1.07. The van der Waals surface area contributed by atoms with Gasteiger partial charge in [0.05, 0.1) is 6.42 Å². The van der Waals surface area contributed by atoms with E-state index in [9.17, 15) is 4.79 Å². The largest absolute Gasteiger partial charge is 0.481 e. The van der Waals surface area contributed by atoms with Gasteiger partial charge in [-0.05, 0) is 19.9 Å². The summed E-state index contributed by atoms with van der Waals surface area (Å²) in [5, 5.41) is 11.7. The highest BCUT2D eigenvalue weighted by molar-refractivity contribution is 5.68. The zero-order chi connectivity index (χ0) is 8.91. The fraction of sp³-hybridized carbons (Fsp3) is 0.875. The highest BCUT2D eigenvalue weighted by Gasteiger charge is 2.23. The van der Waals surface area contributed by atoms with E-state index in [4.69, 9.17) is 5.11 Å². The zero-order valence-electron chi connectivity index (χ0n) is 7.48. The lowest BCUT2D eigenvalue weighted by atomic mass is 9.95. The molecular formula is C8H17NO2. The van der Waals surface area contributed by atoms with Gasteiger partial charge < -0.3 is 10.4 Å². The number of nitrogens with one attached hydrogen (secondary N) is 1. The second-order valence-electron chi connectivity index (χ2n) is 3.02. The predicted molar refractivity (Wildman–Crippen MR) is 44.6 cm³/mol. The third kappa shape index (κ3) is 3.98. The minimum atomic E-state index is -0.740. The SMILES string of the molecule is CCNC(C)(CC)CC(=O)O. The summed E-state index contributed by atoms with van der Waals surface area (Å²) in [6, 6.07) is 0. The van der Waals surface area contributed by atoms with Gasteiger partial charge in [0.2, 0.25) is 0 Å². The van der Waals surface area contributed by atoms with Crippen LogP contribution in [0.5, 0.6) is 0 Å². The van der Waals surface area contributed by atoms with Gasteiger partial charge in [-0.2, -0.15) is 0 Å². The van der Waals surface area contributed by atoms with Gasteiger partial charge in [0.25, 0.3) is 0 Å². The number of carboxylic acid groups (broad SMARTS) is 1. The Morgan fingerprint density at radius 1 is 1.55 bits per heavy atom. The first kappa shape index (κ1) is 10.4. The van der Waals surface area contributed by atoms with Crippen molar-refractivity contribution in [2.75, 3.05) is 6.54 Å². The van der Waals surface area contributed by atoms with Gasteiger partial charge in [-0.1, -0.05) is 13.8 Å². The molecular weight excluding hydrogens is 142 g/mol. The lowest BCUT2D eigenvalue weighted by Crippen LogP contribution is -2.43. The molecule has 0 rings (SSSR count). The minimum absolute atomic E-state index is 0.192. The molecule has 11 heavy (non-hydrogen) atoms. The molecule has 0 fully saturated rings. The van der Waals surface area contributed by atoms with E-state index in [2.05, 4.69) is 5.32 Å². The first-order valence-corrected chi connectivity index (χ1v) is 4.01. The van der Waals surface area contributed by atoms with Crippen molar-refractivity contribution in [2.45, 2.75) is 39.2 Å². The van der Waals surface area contributed by atoms with Crippen LogP contribution >= 0.6 is 0 Å². The van der Waals surface area contributed by atoms with E-state index in [1.54, 1.807) is 0 Å². The van der Waals surface area contributed by atoms with Crippen molar-refractivity contribution in [3.05, 3.63) is 0 Å². The fourth-order valence-electron chi connectivity index (χ4n) is 1.07. The van der Waals surface area contributed by atoms with E-state index in [1.807, 2.05) is 20.8 Å². The van der Waals surface area contributed by atoms with Crippen molar-refractivity contribution < 1.29 is 9.90 Å². The highest BCUT2D eigenvalue weighted by Crippen LogP contribution is 2.13. The molecule has 0 aliphatic carbocycles. The second kappa shape index (κ2) is 4.34. The van der Waals surface area contributed by atoms with Crippen molar-refractivity contribution in [3.8, 4) is 0 Å².